The second kappa shape index (κ2) is 7.56. The topological polar surface area (TPSA) is 71.1 Å². The Kier molecular flexibility index (Phi) is 5.49. The highest BCUT2D eigenvalue weighted by molar-refractivity contribution is 6.30. The molecule has 2 aromatic rings. The van der Waals surface area contributed by atoms with Gasteiger partial charge in [-0.25, -0.2) is 4.98 Å². The van der Waals surface area contributed by atoms with Crippen LogP contribution in [0.4, 0.5) is 5.82 Å². The van der Waals surface area contributed by atoms with Gasteiger partial charge in [-0.3, -0.25) is 9.59 Å². The van der Waals surface area contributed by atoms with Crippen LogP contribution in [0, 0.1) is 0 Å². The number of pyridine rings is 1. The second-order valence-corrected chi connectivity index (χ2v) is 5.21. The molecular weight excluding hydrogens is 302 g/mol. The van der Waals surface area contributed by atoms with Gasteiger partial charge in [0.05, 0.1) is 12.5 Å². The number of nitrogens with one attached hydrogen (secondary N) is 2. The van der Waals surface area contributed by atoms with Crippen LogP contribution >= 0.6 is 11.6 Å². The molecular formula is C16H16ClN3O2. The van der Waals surface area contributed by atoms with Crippen LogP contribution in [0.5, 0.6) is 0 Å². The molecule has 0 unspecified atom stereocenters. The van der Waals surface area contributed by atoms with E-state index >= 15 is 0 Å². The quantitative estimate of drug-likeness (QED) is 0.890. The molecule has 2 rings (SSSR count). The third-order valence-electron chi connectivity index (χ3n) is 2.97. The average molecular weight is 318 g/mol. The van der Waals surface area contributed by atoms with Crippen molar-refractivity contribution in [1.29, 1.82) is 0 Å². The zero-order valence-corrected chi connectivity index (χ0v) is 12.8. The van der Waals surface area contributed by atoms with Crippen molar-refractivity contribution >= 4 is 29.2 Å². The lowest BCUT2D eigenvalue weighted by Crippen LogP contribution is -2.29. The summed E-state index contributed by atoms with van der Waals surface area (Å²) in [4.78, 5) is 27.5. The van der Waals surface area contributed by atoms with E-state index in [0.29, 0.717) is 10.8 Å². The summed E-state index contributed by atoms with van der Waals surface area (Å²) in [5.41, 5.74) is 0.816. The highest BCUT2D eigenvalue weighted by atomic mass is 35.5. The van der Waals surface area contributed by atoms with Crippen LogP contribution < -0.4 is 10.6 Å². The van der Waals surface area contributed by atoms with Gasteiger partial charge in [-0.1, -0.05) is 29.8 Å². The normalized spacial score (nSPS) is 11.5. The first-order valence-electron chi connectivity index (χ1n) is 6.78. The molecule has 0 aliphatic rings. The molecule has 0 aliphatic heterocycles. The molecule has 1 atom stereocenters. The minimum absolute atomic E-state index is 0.109. The summed E-state index contributed by atoms with van der Waals surface area (Å²) < 4.78 is 0. The molecule has 22 heavy (non-hydrogen) atoms. The van der Waals surface area contributed by atoms with Crippen LogP contribution in [-0.4, -0.2) is 16.8 Å². The van der Waals surface area contributed by atoms with Gasteiger partial charge in [0, 0.05) is 18.1 Å². The summed E-state index contributed by atoms with van der Waals surface area (Å²) in [7, 11) is 0. The van der Waals surface area contributed by atoms with Gasteiger partial charge in [-0.2, -0.15) is 0 Å². The van der Waals surface area contributed by atoms with E-state index in [2.05, 4.69) is 15.6 Å². The molecule has 0 fully saturated rings. The molecule has 0 radical (unpaired) electrons. The van der Waals surface area contributed by atoms with Crippen LogP contribution in [0.15, 0.2) is 48.7 Å². The van der Waals surface area contributed by atoms with Crippen molar-refractivity contribution in [3.63, 3.8) is 0 Å². The van der Waals surface area contributed by atoms with Gasteiger partial charge >= 0.3 is 0 Å². The Hall–Kier alpha value is -2.40. The fourth-order valence-electron chi connectivity index (χ4n) is 2.01. The van der Waals surface area contributed by atoms with E-state index in [4.69, 9.17) is 11.6 Å². The lowest BCUT2D eigenvalue weighted by atomic mass is 10.0. The highest BCUT2D eigenvalue weighted by Crippen LogP contribution is 2.20. The highest BCUT2D eigenvalue weighted by Gasteiger charge is 2.17. The van der Waals surface area contributed by atoms with E-state index in [1.54, 1.807) is 48.7 Å². The number of amides is 2. The molecule has 114 valence electrons. The lowest BCUT2D eigenvalue weighted by Gasteiger charge is -2.18. The molecule has 6 heteroatoms. The molecule has 1 aromatic carbocycles. The van der Waals surface area contributed by atoms with Crippen molar-refractivity contribution in [3.05, 3.63) is 59.2 Å². The maximum Gasteiger partial charge on any atom is 0.227 e. The third-order valence-corrected chi connectivity index (χ3v) is 3.22. The standard InChI is InChI=1S/C16H16ClN3O2/c1-11(21)19-14(12-5-7-13(17)8-6-12)10-16(22)20-15-4-2-3-9-18-15/h2-9,14H,10H2,1H3,(H,19,21)(H,18,20,22)/t14-/m0/s1. The summed E-state index contributed by atoms with van der Waals surface area (Å²) in [5.74, 6) is 0.0446. The van der Waals surface area contributed by atoms with Crippen molar-refractivity contribution in [1.82, 2.24) is 10.3 Å². The number of aromatic nitrogens is 1. The van der Waals surface area contributed by atoms with Gasteiger partial charge in [0.1, 0.15) is 5.82 Å². The summed E-state index contributed by atoms with van der Waals surface area (Å²) in [6, 6.07) is 11.9. The molecule has 0 saturated carbocycles. The monoisotopic (exact) mass is 317 g/mol. The van der Waals surface area contributed by atoms with E-state index in [1.807, 2.05) is 0 Å². The van der Waals surface area contributed by atoms with E-state index in [0.717, 1.165) is 5.56 Å². The molecule has 5 nitrogen and oxygen atoms in total. The Morgan fingerprint density at radius 2 is 1.91 bits per heavy atom. The van der Waals surface area contributed by atoms with Crippen LogP contribution in [0.2, 0.25) is 5.02 Å². The lowest BCUT2D eigenvalue weighted by molar-refractivity contribution is -0.120. The number of hydrogen-bond donors (Lipinski definition) is 2. The predicted molar refractivity (Wildman–Crippen MR) is 85.5 cm³/mol. The number of carbonyl (C=O) groups excluding carboxylic acids is 2. The second-order valence-electron chi connectivity index (χ2n) is 4.77. The fourth-order valence-corrected chi connectivity index (χ4v) is 2.13. The van der Waals surface area contributed by atoms with Crippen molar-refractivity contribution in [2.45, 2.75) is 19.4 Å². The molecule has 0 aliphatic carbocycles. The van der Waals surface area contributed by atoms with Gasteiger partial charge in [0.2, 0.25) is 11.8 Å². The number of hydrogen-bond acceptors (Lipinski definition) is 3. The zero-order chi connectivity index (χ0) is 15.9. The van der Waals surface area contributed by atoms with Crippen molar-refractivity contribution in [2.24, 2.45) is 0 Å². The van der Waals surface area contributed by atoms with Crippen LogP contribution in [0.1, 0.15) is 24.9 Å². The van der Waals surface area contributed by atoms with E-state index in [-0.39, 0.29) is 18.2 Å². The number of nitrogens with zero attached hydrogens (tertiary/aromatic N) is 1. The van der Waals surface area contributed by atoms with Crippen molar-refractivity contribution < 1.29 is 9.59 Å². The zero-order valence-electron chi connectivity index (χ0n) is 12.0. The van der Waals surface area contributed by atoms with Gasteiger partial charge in [-0.05, 0) is 29.8 Å². The molecule has 0 spiro atoms. The SMILES string of the molecule is CC(=O)N[C@@H](CC(=O)Nc1ccccn1)c1ccc(Cl)cc1. The first-order valence-corrected chi connectivity index (χ1v) is 7.16. The Balaban J connectivity index is 2.07. The number of carbonyl (C=O) groups is 2. The fraction of sp³-hybridized carbons (Fsp3) is 0.188. The number of anilines is 1. The van der Waals surface area contributed by atoms with Gasteiger partial charge < -0.3 is 10.6 Å². The smallest absolute Gasteiger partial charge is 0.227 e. The average Bonchev–Trinajstić information content (AvgIpc) is 2.48. The molecule has 2 amide bonds. The van der Waals surface area contributed by atoms with Crippen LogP contribution in [-0.2, 0) is 9.59 Å². The molecule has 0 saturated heterocycles. The Bertz CT molecular complexity index is 644. The summed E-state index contributed by atoms with van der Waals surface area (Å²) in [5, 5.41) is 6.07. The van der Waals surface area contributed by atoms with Crippen molar-refractivity contribution in [2.75, 3.05) is 5.32 Å². The Morgan fingerprint density at radius 1 is 1.18 bits per heavy atom. The molecule has 1 aromatic heterocycles. The third kappa shape index (κ3) is 4.86. The van der Waals surface area contributed by atoms with Gasteiger partial charge in [0.25, 0.3) is 0 Å². The van der Waals surface area contributed by atoms with E-state index in [9.17, 15) is 9.59 Å². The van der Waals surface area contributed by atoms with Gasteiger partial charge in [0.15, 0.2) is 0 Å². The number of benzene rings is 1. The summed E-state index contributed by atoms with van der Waals surface area (Å²) in [6.07, 6.45) is 1.71. The molecule has 2 N–H and O–H groups in total. The Morgan fingerprint density at radius 3 is 2.50 bits per heavy atom. The van der Waals surface area contributed by atoms with Crippen molar-refractivity contribution in [3.8, 4) is 0 Å². The van der Waals surface area contributed by atoms with Crippen LogP contribution in [0.25, 0.3) is 0 Å². The maximum atomic E-state index is 12.1. The maximum absolute atomic E-state index is 12.1. The summed E-state index contributed by atoms with van der Waals surface area (Å²) in [6.45, 7) is 1.42. The first-order chi connectivity index (χ1) is 10.5. The van der Waals surface area contributed by atoms with Crippen LogP contribution in [0.3, 0.4) is 0 Å². The van der Waals surface area contributed by atoms with Gasteiger partial charge in [-0.15, -0.1) is 0 Å². The predicted octanol–water partition coefficient (Wildman–Crippen LogP) is 2.94. The summed E-state index contributed by atoms with van der Waals surface area (Å²) >= 11 is 5.86. The minimum Gasteiger partial charge on any atom is -0.349 e. The van der Waals surface area contributed by atoms with E-state index < -0.39 is 6.04 Å². The minimum atomic E-state index is -0.418. The largest absolute Gasteiger partial charge is 0.349 e. The van der Waals surface area contributed by atoms with E-state index in [1.165, 1.54) is 6.92 Å². The number of halogens is 1. The first kappa shape index (κ1) is 16.0. The molecule has 1 heterocycles. The Labute approximate surface area is 133 Å². The molecule has 0 bridgehead atoms. The number of rotatable bonds is 5.